The molecule has 0 bridgehead atoms. The number of piperazine rings is 1. The van der Waals surface area contributed by atoms with E-state index in [1.54, 1.807) is 18.7 Å². The smallest absolute Gasteiger partial charge is 0.318 e. The number of anilines is 1. The molecule has 0 spiro atoms. The van der Waals surface area contributed by atoms with E-state index in [0.29, 0.717) is 70.6 Å². The van der Waals surface area contributed by atoms with Crippen LogP contribution in [0.25, 0.3) is 0 Å². The topological polar surface area (TPSA) is 137 Å². The van der Waals surface area contributed by atoms with Crippen LogP contribution in [0.1, 0.15) is 52.3 Å². The van der Waals surface area contributed by atoms with Gasteiger partial charge >= 0.3 is 6.01 Å². The third-order valence-corrected chi connectivity index (χ3v) is 11.3. The first-order chi connectivity index (χ1) is 18.5. The highest BCUT2D eigenvalue weighted by Crippen LogP contribution is 2.27. The van der Waals surface area contributed by atoms with Crippen LogP contribution in [0.4, 0.5) is 6.01 Å². The minimum Gasteiger partial charge on any atom is -0.408 e. The molecule has 14 heteroatoms. The molecule has 39 heavy (non-hydrogen) atoms. The number of amides is 1. The quantitative estimate of drug-likeness (QED) is 0.434. The lowest BCUT2D eigenvalue weighted by Crippen LogP contribution is -2.53. The second-order valence-corrected chi connectivity index (χ2v) is 14.0. The first-order valence-corrected chi connectivity index (χ1v) is 16.3. The highest BCUT2D eigenvalue weighted by molar-refractivity contribution is 7.89. The van der Waals surface area contributed by atoms with Crippen molar-refractivity contribution in [3.8, 4) is 0 Å². The molecule has 2 saturated heterocycles. The zero-order chi connectivity index (χ0) is 28.4. The number of sulfonamides is 2. The van der Waals surface area contributed by atoms with Crippen LogP contribution in [0.5, 0.6) is 0 Å². The van der Waals surface area contributed by atoms with Gasteiger partial charge in [0, 0.05) is 58.3 Å². The Morgan fingerprint density at radius 2 is 1.59 bits per heavy atom. The lowest BCUT2D eigenvalue weighted by Gasteiger charge is -2.38. The van der Waals surface area contributed by atoms with Gasteiger partial charge in [0.15, 0.2) is 0 Å². The van der Waals surface area contributed by atoms with Gasteiger partial charge in [-0.15, -0.1) is 5.10 Å². The second kappa shape index (κ2) is 11.9. The first kappa shape index (κ1) is 29.4. The fourth-order valence-electron chi connectivity index (χ4n) is 4.97. The van der Waals surface area contributed by atoms with Crippen LogP contribution in [0.15, 0.2) is 38.5 Å². The Morgan fingerprint density at radius 3 is 2.15 bits per heavy atom. The summed E-state index contributed by atoms with van der Waals surface area (Å²) in [6.07, 6.45) is 1.19. The van der Waals surface area contributed by atoms with Crippen molar-refractivity contribution in [1.82, 2.24) is 23.7 Å². The van der Waals surface area contributed by atoms with Crippen molar-refractivity contribution in [2.75, 3.05) is 57.3 Å². The number of hydrogen-bond acceptors (Lipinski definition) is 9. The Kier molecular flexibility index (Phi) is 8.98. The molecule has 2 aliphatic rings. The molecular weight excluding hydrogens is 544 g/mol. The monoisotopic (exact) mass is 582 g/mol. The SMILES string of the molecule is CCN(CC)S(=O)(=O)c1ccc(S(=O)(=O)N2CCC[C@@H](C(=O)N3CCN(c4nnc(C(C)C)o4)CC3)C2)cc1. The first-order valence-electron chi connectivity index (χ1n) is 13.5. The van der Waals surface area contributed by atoms with Crippen LogP contribution in [-0.4, -0.2) is 98.8 Å². The van der Waals surface area contributed by atoms with Crippen LogP contribution in [0, 0.1) is 5.92 Å². The van der Waals surface area contributed by atoms with Gasteiger partial charge in [0.2, 0.25) is 31.8 Å². The summed E-state index contributed by atoms with van der Waals surface area (Å²) in [5.41, 5.74) is 0. The van der Waals surface area contributed by atoms with E-state index in [0.717, 1.165) is 0 Å². The minimum atomic E-state index is -3.88. The fourth-order valence-corrected chi connectivity index (χ4v) is 7.95. The molecule has 1 aromatic carbocycles. The van der Waals surface area contributed by atoms with Crippen molar-refractivity contribution in [1.29, 1.82) is 0 Å². The zero-order valence-corrected chi connectivity index (χ0v) is 24.6. The van der Waals surface area contributed by atoms with E-state index >= 15 is 0 Å². The fraction of sp³-hybridized carbons (Fsp3) is 0.640. The van der Waals surface area contributed by atoms with E-state index in [1.807, 2.05) is 18.7 Å². The predicted octanol–water partition coefficient (Wildman–Crippen LogP) is 1.97. The molecule has 0 N–H and O–H groups in total. The Labute approximate surface area is 231 Å². The summed E-state index contributed by atoms with van der Waals surface area (Å²) in [6.45, 7) is 10.6. The molecule has 216 valence electrons. The Morgan fingerprint density at radius 1 is 0.974 bits per heavy atom. The van der Waals surface area contributed by atoms with Crippen LogP contribution < -0.4 is 4.90 Å². The van der Waals surface area contributed by atoms with Gasteiger partial charge in [0.05, 0.1) is 15.7 Å². The highest BCUT2D eigenvalue weighted by atomic mass is 32.2. The summed E-state index contributed by atoms with van der Waals surface area (Å²) in [6, 6.07) is 5.79. The minimum absolute atomic E-state index is 0.0167. The number of carbonyl (C=O) groups is 1. The molecule has 3 heterocycles. The van der Waals surface area contributed by atoms with Crippen LogP contribution >= 0.6 is 0 Å². The Balaban J connectivity index is 1.39. The van der Waals surface area contributed by atoms with Crippen molar-refractivity contribution in [3.63, 3.8) is 0 Å². The summed E-state index contributed by atoms with van der Waals surface area (Å²) in [5.74, 6) is 0.229. The van der Waals surface area contributed by atoms with Gasteiger partial charge in [-0.1, -0.05) is 32.8 Å². The van der Waals surface area contributed by atoms with E-state index in [9.17, 15) is 21.6 Å². The molecule has 2 fully saturated rings. The average Bonchev–Trinajstić information content (AvgIpc) is 3.44. The Hall–Kier alpha value is -2.55. The normalized spacial score (nSPS) is 19.7. The molecule has 0 saturated carbocycles. The van der Waals surface area contributed by atoms with E-state index < -0.39 is 26.0 Å². The summed E-state index contributed by atoms with van der Waals surface area (Å²) in [4.78, 5) is 17.2. The lowest BCUT2D eigenvalue weighted by molar-refractivity contribution is -0.137. The second-order valence-electron chi connectivity index (χ2n) is 10.2. The van der Waals surface area contributed by atoms with Crippen molar-refractivity contribution >= 4 is 32.0 Å². The van der Waals surface area contributed by atoms with Crippen molar-refractivity contribution in [2.45, 2.75) is 56.2 Å². The molecular formula is C25H38N6O6S2. The van der Waals surface area contributed by atoms with Crippen LogP contribution in [0.2, 0.25) is 0 Å². The maximum atomic E-state index is 13.4. The molecule has 0 aliphatic carbocycles. The van der Waals surface area contributed by atoms with Gasteiger partial charge in [0.1, 0.15) is 0 Å². The van der Waals surface area contributed by atoms with Crippen molar-refractivity contribution < 1.29 is 26.0 Å². The number of rotatable bonds is 9. The molecule has 1 atom stereocenters. The number of nitrogens with zero attached hydrogens (tertiary/aromatic N) is 6. The van der Waals surface area contributed by atoms with Crippen molar-refractivity contribution in [2.24, 2.45) is 5.92 Å². The third-order valence-electron chi connectivity index (χ3n) is 7.32. The van der Waals surface area contributed by atoms with E-state index in [1.165, 1.54) is 32.9 Å². The number of benzene rings is 1. The van der Waals surface area contributed by atoms with Gasteiger partial charge < -0.3 is 14.2 Å². The molecule has 12 nitrogen and oxygen atoms in total. The number of aromatic nitrogens is 2. The largest absolute Gasteiger partial charge is 0.408 e. The zero-order valence-electron chi connectivity index (χ0n) is 23.0. The van der Waals surface area contributed by atoms with Gasteiger partial charge in [-0.3, -0.25) is 4.79 Å². The molecule has 0 unspecified atom stereocenters. The summed E-state index contributed by atoms with van der Waals surface area (Å²) < 4.78 is 60.7. The number of piperidine rings is 1. The summed E-state index contributed by atoms with van der Waals surface area (Å²) >= 11 is 0. The van der Waals surface area contributed by atoms with E-state index in [2.05, 4.69) is 10.2 Å². The van der Waals surface area contributed by atoms with Crippen LogP contribution in [0.3, 0.4) is 0 Å². The van der Waals surface area contributed by atoms with E-state index in [-0.39, 0.29) is 28.2 Å². The van der Waals surface area contributed by atoms with E-state index in [4.69, 9.17) is 4.42 Å². The maximum Gasteiger partial charge on any atom is 0.318 e. The summed E-state index contributed by atoms with van der Waals surface area (Å²) in [7, 11) is -7.57. The number of carbonyl (C=O) groups excluding carboxylic acids is 1. The third kappa shape index (κ3) is 6.13. The summed E-state index contributed by atoms with van der Waals surface area (Å²) in [5, 5.41) is 8.19. The van der Waals surface area contributed by atoms with Crippen LogP contribution in [-0.2, 0) is 24.8 Å². The molecule has 2 aliphatic heterocycles. The van der Waals surface area contributed by atoms with Gasteiger partial charge in [-0.2, -0.15) is 8.61 Å². The average molecular weight is 583 g/mol. The number of hydrogen-bond donors (Lipinski definition) is 0. The van der Waals surface area contributed by atoms with Gasteiger partial charge in [0.25, 0.3) is 0 Å². The predicted molar refractivity (Wildman–Crippen MR) is 145 cm³/mol. The van der Waals surface area contributed by atoms with Gasteiger partial charge in [-0.25, -0.2) is 16.8 Å². The molecule has 2 aromatic rings. The lowest BCUT2D eigenvalue weighted by atomic mass is 9.98. The molecule has 0 radical (unpaired) electrons. The molecule has 4 rings (SSSR count). The highest BCUT2D eigenvalue weighted by Gasteiger charge is 2.36. The molecule has 1 amide bonds. The maximum absolute atomic E-state index is 13.4. The van der Waals surface area contributed by atoms with Crippen molar-refractivity contribution in [3.05, 3.63) is 30.2 Å². The Bertz CT molecular complexity index is 1350. The van der Waals surface area contributed by atoms with Gasteiger partial charge in [-0.05, 0) is 37.1 Å². The standard InChI is InChI=1S/C25H38N6O6S2/c1-5-30(6-2)38(33,34)21-9-11-22(12-10-21)39(35,36)31-13-7-8-20(18-31)24(32)28-14-16-29(17-15-28)25-27-26-23(37-25)19(3)4/h9-12,19-20H,5-8,13-18H2,1-4H3/t20-/m1/s1. The molecule has 1 aromatic heterocycles.